The van der Waals surface area contributed by atoms with Crippen LogP contribution in [0.15, 0.2) is 46.9 Å². The fourth-order valence-corrected chi connectivity index (χ4v) is 2.47. The lowest BCUT2D eigenvalue weighted by molar-refractivity contribution is 0.340. The Morgan fingerprint density at radius 1 is 1.14 bits per heavy atom. The van der Waals surface area contributed by atoms with E-state index in [0.717, 1.165) is 33.8 Å². The highest BCUT2D eigenvalue weighted by Crippen LogP contribution is 2.26. The molecule has 0 spiro atoms. The van der Waals surface area contributed by atoms with E-state index in [-0.39, 0.29) is 6.61 Å². The van der Waals surface area contributed by atoms with Crippen LogP contribution in [0.1, 0.15) is 12.5 Å². The number of ether oxygens (including phenoxy) is 2. The van der Waals surface area contributed by atoms with Crippen LogP contribution in [-0.2, 0) is 6.54 Å². The van der Waals surface area contributed by atoms with Crippen molar-refractivity contribution in [2.45, 2.75) is 13.5 Å². The maximum atomic E-state index is 5.42. The molecule has 0 aromatic heterocycles. The number of hydrogen-bond donors (Lipinski definition) is 1. The first-order valence-corrected chi connectivity index (χ1v) is 7.83. The third kappa shape index (κ3) is 4.71. The molecule has 0 bridgehead atoms. The van der Waals surface area contributed by atoms with Crippen molar-refractivity contribution in [2.24, 2.45) is 0 Å². The van der Waals surface area contributed by atoms with Crippen LogP contribution in [0.5, 0.6) is 11.5 Å². The molecule has 0 aliphatic heterocycles. The normalized spacial score (nSPS) is 9.86. The fourth-order valence-electron chi connectivity index (χ4n) is 1.93. The largest absolute Gasteiger partial charge is 0.494 e. The molecular weight excluding hydrogens is 342 g/mol. The van der Waals surface area contributed by atoms with E-state index in [9.17, 15) is 0 Å². The number of halogens is 1. The molecule has 0 saturated heterocycles. The van der Waals surface area contributed by atoms with E-state index < -0.39 is 0 Å². The summed E-state index contributed by atoms with van der Waals surface area (Å²) in [6.45, 7) is 3.64. The van der Waals surface area contributed by atoms with Crippen LogP contribution in [0, 0.1) is 12.3 Å². The molecule has 0 amide bonds. The highest BCUT2D eigenvalue weighted by Gasteiger charge is 2.03. The Morgan fingerprint density at radius 3 is 2.55 bits per heavy atom. The van der Waals surface area contributed by atoms with Crippen LogP contribution < -0.4 is 14.8 Å². The molecule has 1 N–H and O–H groups in total. The van der Waals surface area contributed by atoms with Crippen molar-refractivity contribution < 1.29 is 9.47 Å². The second kappa shape index (κ2) is 8.35. The van der Waals surface area contributed by atoms with E-state index in [2.05, 4.69) is 27.2 Å². The number of hydrogen-bond acceptors (Lipinski definition) is 3. The van der Waals surface area contributed by atoms with Crippen LogP contribution in [0.4, 0.5) is 5.69 Å². The predicted octanol–water partition coefficient (Wildman–Crippen LogP) is 4.47. The standard InChI is InChI=1S/C18H18BrNO2/c1-3-11-22-18-10-5-14(12-17(18)19)13-20-15-6-8-16(9-7-15)21-4-2/h1,5-10,12,20H,4,11,13H2,2H3. The second-order valence-corrected chi connectivity index (χ2v) is 5.42. The summed E-state index contributed by atoms with van der Waals surface area (Å²) in [6.07, 6.45) is 5.19. The molecule has 2 aromatic carbocycles. The predicted molar refractivity (Wildman–Crippen MR) is 93.4 cm³/mol. The molecule has 2 rings (SSSR count). The van der Waals surface area contributed by atoms with Gasteiger partial charge in [0.1, 0.15) is 18.1 Å². The Balaban J connectivity index is 1.93. The third-order valence-electron chi connectivity index (χ3n) is 2.97. The lowest BCUT2D eigenvalue weighted by Gasteiger charge is -2.10. The number of rotatable bonds is 7. The Kier molecular flexibility index (Phi) is 6.17. The Labute approximate surface area is 139 Å². The van der Waals surface area contributed by atoms with Gasteiger partial charge in [-0.1, -0.05) is 12.0 Å². The lowest BCUT2D eigenvalue weighted by atomic mass is 10.2. The summed E-state index contributed by atoms with van der Waals surface area (Å²) in [5.41, 5.74) is 2.20. The molecule has 0 aliphatic carbocycles. The summed E-state index contributed by atoms with van der Waals surface area (Å²) in [5, 5.41) is 3.37. The van der Waals surface area contributed by atoms with Gasteiger partial charge in [-0.2, -0.15) is 0 Å². The molecule has 0 unspecified atom stereocenters. The molecule has 0 aliphatic rings. The molecule has 3 nitrogen and oxygen atoms in total. The molecule has 0 atom stereocenters. The van der Waals surface area contributed by atoms with E-state index in [1.165, 1.54) is 0 Å². The van der Waals surface area contributed by atoms with Gasteiger partial charge < -0.3 is 14.8 Å². The fraction of sp³-hybridized carbons (Fsp3) is 0.222. The van der Waals surface area contributed by atoms with Gasteiger partial charge in [0.15, 0.2) is 0 Å². The number of nitrogens with one attached hydrogen (secondary N) is 1. The Hall–Kier alpha value is -2.12. The molecule has 0 radical (unpaired) electrons. The minimum atomic E-state index is 0.266. The third-order valence-corrected chi connectivity index (χ3v) is 3.59. The van der Waals surface area contributed by atoms with Crippen molar-refractivity contribution in [3.05, 3.63) is 52.5 Å². The first-order valence-electron chi connectivity index (χ1n) is 7.04. The van der Waals surface area contributed by atoms with Crippen LogP contribution in [0.3, 0.4) is 0 Å². The molecule has 114 valence electrons. The van der Waals surface area contributed by atoms with Crippen LogP contribution in [0.2, 0.25) is 0 Å². The van der Waals surface area contributed by atoms with Crippen molar-refractivity contribution in [1.29, 1.82) is 0 Å². The summed E-state index contributed by atoms with van der Waals surface area (Å²) in [7, 11) is 0. The minimum Gasteiger partial charge on any atom is -0.494 e. The number of anilines is 1. The van der Waals surface area contributed by atoms with Crippen molar-refractivity contribution >= 4 is 21.6 Å². The Morgan fingerprint density at radius 2 is 1.91 bits per heavy atom. The summed E-state index contributed by atoms with van der Waals surface area (Å²) < 4.78 is 11.7. The first kappa shape index (κ1) is 16.3. The van der Waals surface area contributed by atoms with Gasteiger partial charge in [-0.05, 0) is 64.8 Å². The topological polar surface area (TPSA) is 30.5 Å². The lowest BCUT2D eigenvalue weighted by Crippen LogP contribution is -2.00. The molecule has 4 heteroatoms. The summed E-state index contributed by atoms with van der Waals surface area (Å²) in [4.78, 5) is 0. The van der Waals surface area contributed by atoms with Gasteiger partial charge >= 0.3 is 0 Å². The van der Waals surface area contributed by atoms with Crippen molar-refractivity contribution in [1.82, 2.24) is 0 Å². The van der Waals surface area contributed by atoms with E-state index in [0.29, 0.717) is 6.61 Å². The van der Waals surface area contributed by atoms with Crippen molar-refractivity contribution in [3.63, 3.8) is 0 Å². The summed E-state index contributed by atoms with van der Waals surface area (Å²) in [6, 6.07) is 13.9. The molecule has 0 fully saturated rings. The van der Waals surface area contributed by atoms with Crippen LogP contribution in [-0.4, -0.2) is 13.2 Å². The monoisotopic (exact) mass is 359 g/mol. The van der Waals surface area contributed by atoms with Gasteiger partial charge in [-0.3, -0.25) is 0 Å². The van der Waals surface area contributed by atoms with Crippen molar-refractivity contribution in [2.75, 3.05) is 18.5 Å². The molecule has 2 aromatic rings. The van der Waals surface area contributed by atoms with Gasteiger partial charge in [0.25, 0.3) is 0 Å². The average Bonchev–Trinajstić information content (AvgIpc) is 2.54. The van der Waals surface area contributed by atoms with Gasteiger partial charge in [0.05, 0.1) is 11.1 Å². The zero-order chi connectivity index (χ0) is 15.8. The quantitative estimate of drug-likeness (QED) is 0.739. The van der Waals surface area contributed by atoms with Gasteiger partial charge in [0, 0.05) is 12.2 Å². The van der Waals surface area contributed by atoms with Crippen LogP contribution >= 0.6 is 15.9 Å². The minimum absolute atomic E-state index is 0.266. The van der Waals surface area contributed by atoms with Gasteiger partial charge in [-0.15, -0.1) is 6.42 Å². The highest BCUT2D eigenvalue weighted by molar-refractivity contribution is 9.10. The SMILES string of the molecule is C#CCOc1ccc(CNc2ccc(OCC)cc2)cc1Br. The van der Waals surface area contributed by atoms with E-state index >= 15 is 0 Å². The molecule has 0 saturated carbocycles. The van der Waals surface area contributed by atoms with Gasteiger partial charge in [-0.25, -0.2) is 0 Å². The number of benzene rings is 2. The molecule has 22 heavy (non-hydrogen) atoms. The summed E-state index contributed by atoms with van der Waals surface area (Å²) >= 11 is 3.49. The second-order valence-electron chi connectivity index (χ2n) is 4.57. The highest BCUT2D eigenvalue weighted by atomic mass is 79.9. The zero-order valence-electron chi connectivity index (χ0n) is 12.4. The maximum Gasteiger partial charge on any atom is 0.148 e. The van der Waals surface area contributed by atoms with E-state index in [1.807, 2.05) is 49.4 Å². The van der Waals surface area contributed by atoms with E-state index in [1.54, 1.807) is 0 Å². The number of terminal acetylenes is 1. The molecule has 0 heterocycles. The van der Waals surface area contributed by atoms with Crippen molar-refractivity contribution in [3.8, 4) is 23.8 Å². The van der Waals surface area contributed by atoms with Gasteiger partial charge in [0.2, 0.25) is 0 Å². The Bertz CT molecular complexity index is 647. The van der Waals surface area contributed by atoms with Crippen LogP contribution in [0.25, 0.3) is 0 Å². The zero-order valence-corrected chi connectivity index (χ0v) is 14.0. The smallest absolute Gasteiger partial charge is 0.148 e. The first-order chi connectivity index (χ1) is 10.7. The average molecular weight is 360 g/mol. The van der Waals surface area contributed by atoms with E-state index in [4.69, 9.17) is 15.9 Å². The summed E-state index contributed by atoms with van der Waals surface area (Å²) in [5.74, 6) is 4.09. The molecular formula is C18H18BrNO2. The maximum absolute atomic E-state index is 5.42.